The van der Waals surface area contributed by atoms with E-state index in [0.29, 0.717) is 23.6 Å². The zero-order chi connectivity index (χ0) is 16.0. The number of nitrogens with zero attached hydrogens (tertiary/aromatic N) is 1. The minimum atomic E-state index is -2.88. The monoisotopic (exact) mass is 316 g/mol. The summed E-state index contributed by atoms with van der Waals surface area (Å²) in [4.78, 5) is 14.3. The Morgan fingerprint density at radius 2 is 1.95 bits per heavy atom. The molecule has 4 nitrogen and oxygen atoms in total. The molecule has 0 aliphatic rings. The van der Waals surface area contributed by atoms with Gasteiger partial charge in [0, 0.05) is 24.6 Å². The first-order valence-corrected chi connectivity index (χ1v) is 6.89. The van der Waals surface area contributed by atoms with E-state index in [1.54, 1.807) is 4.90 Å². The van der Waals surface area contributed by atoms with Crippen LogP contribution in [0.3, 0.4) is 0 Å². The molecular weight excluding hydrogens is 298 g/mol. The maximum Gasteiger partial charge on any atom is 0.387 e. The number of alkyl halides is 2. The number of amides is 1. The molecule has 0 aromatic heterocycles. The largest absolute Gasteiger partial charge is 0.435 e. The number of ether oxygens (including phenoxy) is 1. The molecule has 7 heteroatoms. The number of carbonyl (C=O) groups is 1. The Hall–Kier alpha value is -1.76. The SMILES string of the molecule is CCN(CC(C)C(N)=S)C(=O)c1ccc(OC(F)F)cc1. The van der Waals surface area contributed by atoms with E-state index in [1.807, 2.05) is 13.8 Å². The Labute approximate surface area is 127 Å². The quantitative estimate of drug-likeness (QED) is 0.786. The lowest BCUT2D eigenvalue weighted by Gasteiger charge is -2.24. The van der Waals surface area contributed by atoms with Gasteiger partial charge in [-0.1, -0.05) is 19.1 Å². The Morgan fingerprint density at radius 1 is 1.38 bits per heavy atom. The predicted octanol–water partition coefficient (Wildman–Crippen LogP) is 2.67. The van der Waals surface area contributed by atoms with Gasteiger partial charge in [-0.15, -0.1) is 0 Å². The maximum atomic E-state index is 12.3. The zero-order valence-electron chi connectivity index (χ0n) is 11.9. The van der Waals surface area contributed by atoms with Crippen LogP contribution in [-0.2, 0) is 0 Å². The van der Waals surface area contributed by atoms with Crippen LogP contribution in [0.4, 0.5) is 8.78 Å². The molecule has 0 heterocycles. The van der Waals surface area contributed by atoms with Crippen molar-refractivity contribution in [2.75, 3.05) is 13.1 Å². The Morgan fingerprint density at radius 3 is 2.38 bits per heavy atom. The van der Waals surface area contributed by atoms with Gasteiger partial charge in [0.25, 0.3) is 5.91 Å². The lowest BCUT2D eigenvalue weighted by atomic mass is 10.1. The van der Waals surface area contributed by atoms with E-state index >= 15 is 0 Å². The number of carbonyl (C=O) groups excluding carboxylic acids is 1. The molecule has 1 amide bonds. The van der Waals surface area contributed by atoms with Crippen molar-refractivity contribution in [3.63, 3.8) is 0 Å². The van der Waals surface area contributed by atoms with E-state index < -0.39 is 6.61 Å². The summed E-state index contributed by atoms with van der Waals surface area (Å²) in [6.45, 7) is 1.72. The zero-order valence-corrected chi connectivity index (χ0v) is 12.7. The molecule has 1 aromatic carbocycles. The fraction of sp³-hybridized carbons (Fsp3) is 0.429. The van der Waals surface area contributed by atoms with E-state index in [4.69, 9.17) is 18.0 Å². The highest BCUT2D eigenvalue weighted by molar-refractivity contribution is 7.80. The van der Waals surface area contributed by atoms with Crippen molar-refractivity contribution in [3.05, 3.63) is 29.8 Å². The summed E-state index contributed by atoms with van der Waals surface area (Å²) < 4.78 is 28.4. The topological polar surface area (TPSA) is 55.6 Å². The molecule has 0 radical (unpaired) electrons. The third-order valence-electron chi connectivity index (χ3n) is 2.98. The van der Waals surface area contributed by atoms with E-state index in [0.717, 1.165) is 0 Å². The number of nitrogens with two attached hydrogens (primary N) is 1. The van der Waals surface area contributed by atoms with Crippen molar-refractivity contribution in [2.24, 2.45) is 11.7 Å². The van der Waals surface area contributed by atoms with Gasteiger partial charge in [-0.3, -0.25) is 4.79 Å². The first kappa shape index (κ1) is 17.3. The van der Waals surface area contributed by atoms with Crippen LogP contribution in [0.25, 0.3) is 0 Å². The molecule has 0 aliphatic heterocycles. The summed E-state index contributed by atoms with van der Waals surface area (Å²) in [6.07, 6.45) is 0. The van der Waals surface area contributed by atoms with Gasteiger partial charge in [-0.2, -0.15) is 8.78 Å². The van der Waals surface area contributed by atoms with Gasteiger partial charge in [0.2, 0.25) is 0 Å². The van der Waals surface area contributed by atoms with Crippen molar-refractivity contribution >= 4 is 23.1 Å². The van der Waals surface area contributed by atoms with Crippen molar-refractivity contribution in [2.45, 2.75) is 20.5 Å². The normalized spacial score (nSPS) is 12.0. The van der Waals surface area contributed by atoms with Crippen molar-refractivity contribution in [1.82, 2.24) is 4.90 Å². The van der Waals surface area contributed by atoms with Gasteiger partial charge in [0.05, 0.1) is 4.99 Å². The van der Waals surface area contributed by atoms with E-state index in [2.05, 4.69) is 4.74 Å². The number of rotatable bonds is 7. The minimum absolute atomic E-state index is 0.0149. The third-order valence-corrected chi connectivity index (χ3v) is 3.38. The summed E-state index contributed by atoms with van der Waals surface area (Å²) in [5.41, 5.74) is 5.95. The Kier molecular flexibility index (Phi) is 6.48. The second-order valence-corrected chi connectivity index (χ2v) is 5.02. The van der Waals surface area contributed by atoms with Gasteiger partial charge in [-0.25, -0.2) is 0 Å². The van der Waals surface area contributed by atoms with E-state index in [1.165, 1.54) is 24.3 Å². The summed E-state index contributed by atoms with van der Waals surface area (Å²) in [7, 11) is 0. The number of thiocarbonyl (C=S) groups is 1. The van der Waals surface area contributed by atoms with Crippen LogP contribution in [0.1, 0.15) is 24.2 Å². The van der Waals surface area contributed by atoms with Crippen LogP contribution in [-0.4, -0.2) is 35.5 Å². The summed E-state index contributed by atoms with van der Waals surface area (Å²) in [5, 5.41) is 0. The molecule has 1 aromatic rings. The molecule has 0 saturated carbocycles. The van der Waals surface area contributed by atoms with E-state index in [9.17, 15) is 13.6 Å². The Bertz CT molecular complexity index is 494. The summed E-state index contributed by atoms with van der Waals surface area (Å²) >= 11 is 4.90. The second-order valence-electron chi connectivity index (χ2n) is 4.55. The van der Waals surface area contributed by atoms with Crippen molar-refractivity contribution in [3.8, 4) is 5.75 Å². The first-order valence-electron chi connectivity index (χ1n) is 6.48. The lowest BCUT2D eigenvalue weighted by Crippen LogP contribution is -2.38. The van der Waals surface area contributed by atoms with Crippen molar-refractivity contribution < 1.29 is 18.3 Å². The second kappa shape index (κ2) is 7.87. The molecule has 116 valence electrons. The average Bonchev–Trinajstić information content (AvgIpc) is 2.43. The lowest BCUT2D eigenvalue weighted by molar-refractivity contribution is -0.0498. The highest BCUT2D eigenvalue weighted by atomic mass is 32.1. The predicted molar refractivity (Wildman–Crippen MR) is 80.6 cm³/mol. The van der Waals surface area contributed by atoms with Gasteiger partial charge >= 0.3 is 6.61 Å². The molecule has 0 aliphatic carbocycles. The smallest absolute Gasteiger partial charge is 0.387 e. The van der Waals surface area contributed by atoms with Crippen LogP contribution in [0.2, 0.25) is 0 Å². The number of hydrogen-bond acceptors (Lipinski definition) is 3. The molecular formula is C14H18F2N2O2S. The molecule has 21 heavy (non-hydrogen) atoms. The summed E-state index contributed by atoms with van der Waals surface area (Å²) in [6, 6.07) is 5.58. The molecule has 2 N–H and O–H groups in total. The third kappa shape index (κ3) is 5.26. The van der Waals surface area contributed by atoms with Gasteiger partial charge in [-0.05, 0) is 31.2 Å². The van der Waals surface area contributed by atoms with Crippen LogP contribution >= 0.6 is 12.2 Å². The minimum Gasteiger partial charge on any atom is -0.435 e. The molecule has 0 saturated heterocycles. The number of benzene rings is 1. The molecule has 1 rings (SSSR count). The van der Waals surface area contributed by atoms with Gasteiger partial charge < -0.3 is 15.4 Å². The molecule has 0 spiro atoms. The summed E-state index contributed by atoms with van der Waals surface area (Å²) in [5.74, 6) is -0.282. The van der Waals surface area contributed by atoms with E-state index in [-0.39, 0.29) is 17.6 Å². The van der Waals surface area contributed by atoms with Crippen LogP contribution < -0.4 is 10.5 Å². The van der Waals surface area contributed by atoms with Crippen LogP contribution in [0.15, 0.2) is 24.3 Å². The molecule has 0 bridgehead atoms. The number of halogens is 2. The van der Waals surface area contributed by atoms with Crippen LogP contribution in [0, 0.1) is 5.92 Å². The van der Waals surface area contributed by atoms with Crippen LogP contribution in [0.5, 0.6) is 5.75 Å². The number of hydrogen-bond donors (Lipinski definition) is 1. The highest BCUT2D eigenvalue weighted by Crippen LogP contribution is 2.16. The highest BCUT2D eigenvalue weighted by Gasteiger charge is 2.18. The molecule has 1 atom stereocenters. The first-order chi connectivity index (χ1) is 9.85. The standard InChI is InChI=1S/C14H18F2N2O2S/c1-3-18(8-9(2)12(17)21)13(19)10-4-6-11(7-5-10)20-14(15)16/h4-7,9,14H,3,8H2,1-2H3,(H2,17,21). The molecule has 0 fully saturated rings. The average molecular weight is 316 g/mol. The Balaban J connectivity index is 2.78. The van der Waals surface area contributed by atoms with Crippen molar-refractivity contribution in [1.29, 1.82) is 0 Å². The fourth-order valence-electron chi connectivity index (χ4n) is 1.74. The maximum absolute atomic E-state index is 12.3. The van der Waals surface area contributed by atoms with Gasteiger partial charge in [0.15, 0.2) is 0 Å². The van der Waals surface area contributed by atoms with Gasteiger partial charge in [0.1, 0.15) is 5.75 Å². The molecule has 1 unspecified atom stereocenters. The fourth-order valence-corrected chi connectivity index (χ4v) is 1.81.